The average molecular weight is 221 g/mol. The van der Waals surface area contributed by atoms with E-state index in [1.807, 2.05) is 6.92 Å². The second kappa shape index (κ2) is 4.12. The van der Waals surface area contributed by atoms with Crippen LogP contribution in [0.3, 0.4) is 0 Å². The first-order valence-corrected chi connectivity index (χ1v) is 5.57. The van der Waals surface area contributed by atoms with E-state index in [1.54, 1.807) is 6.92 Å². The van der Waals surface area contributed by atoms with Crippen LogP contribution in [0.1, 0.15) is 51.9 Å². The molecule has 1 aliphatic rings. The lowest BCUT2D eigenvalue weighted by Crippen LogP contribution is -2.13. The van der Waals surface area contributed by atoms with Gasteiger partial charge in [-0.2, -0.15) is 0 Å². The third-order valence-corrected chi connectivity index (χ3v) is 2.88. The second-order valence-corrected chi connectivity index (χ2v) is 3.98. The predicted molar refractivity (Wildman–Crippen MR) is 58.8 cm³/mol. The topological polar surface area (TPSA) is 59.2 Å². The van der Waals surface area contributed by atoms with Crippen molar-refractivity contribution in [3.63, 3.8) is 0 Å². The van der Waals surface area contributed by atoms with E-state index in [0.717, 1.165) is 24.1 Å². The Morgan fingerprint density at radius 1 is 1.44 bits per heavy atom. The minimum atomic E-state index is -0.360. The number of ether oxygens (including phenoxy) is 1. The van der Waals surface area contributed by atoms with Gasteiger partial charge < -0.3 is 9.72 Å². The molecule has 1 aliphatic carbocycles. The summed E-state index contributed by atoms with van der Waals surface area (Å²) >= 11 is 0. The molecule has 0 bridgehead atoms. The molecule has 0 aromatic carbocycles. The van der Waals surface area contributed by atoms with Crippen molar-refractivity contribution in [3.8, 4) is 0 Å². The minimum Gasteiger partial charge on any atom is -0.461 e. The van der Waals surface area contributed by atoms with E-state index in [-0.39, 0.29) is 11.8 Å². The molecule has 1 aromatic heterocycles. The summed E-state index contributed by atoms with van der Waals surface area (Å²) in [6, 6.07) is 0. The van der Waals surface area contributed by atoms with Crippen LogP contribution in [0.4, 0.5) is 0 Å². The molecule has 0 fully saturated rings. The summed E-state index contributed by atoms with van der Waals surface area (Å²) in [5.74, 6) is -0.230. The Morgan fingerprint density at radius 3 is 2.88 bits per heavy atom. The maximum atomic E-state index is 11.7. The molecule has 0 aliphatic heterocycles. The molecule has 0 amide bonds. The Labute approximate surface area is 94.0 Å². The second-order valence-electron chi connectivity index (χ2n) is 3.98. The van der Waals surface area contributed by atoms with Crippen molar-refractivity contribution in [1.82, 2.24) is 4.98 Å². The number of fused-ring (bicyclic) bond motifs is 1. The van der Waals surface area contributed by atoms with Gasteiger partial charge in [-0.25, -0.2) is 4.79 Å². The lowest BCUT2D eigenvalue weighted by atomic mass is 9.91. The number of Topliss-reactive ketones (excluding diaryl/α,β-unsaturated/α-hetero) is 1. The molecule has 0 atom stereocenters. The van der Waals surface area contributed by atoms with Crippen molar-refractivity contribution in [2.24, 2.45) is 0 Å². The van der Waals surface area contributed by atoms with E-state index in [2.05, 4.69) is 4.98 Å². The molecule has 1 N–H and O–H groups in total. The number of aryl methyl sites for hydroxylation is 1. The highest BCUT2D eigenvalue weighted by molar-refractivity contribution is 6.03. The van der Waals surface area contributed by atoms with E-state index >= 15 is 0 Å². The van der Waals surface area contributed by atoms with Crippen LogP contribution in [0.2, 0.25) is 0 Å². The van der Waals surface area contributed by atoms with Gasteiger partial charge in [-0.15, -0.1) is 0 Å². The molecule has 0 saturated heterocycles. The molecule has 0 saturated carbocycles. The molecule has 0 spiro atoms. The standard InChI is InChI=1S/C12H15NO3/c1-3-16-12(15)11-8-5-4-6-9(14)10(8)7(2)13-11/h13H,3-6H2,1-2H3. The van der Waals surface area contributed by atoms with E-state index < -0.39 is 0 Å². The van der Waals surface area contributed by atoms with Crippen LogP contribution < -0.4 is 0 Å². The summed E-state index contributed by atoms with van der Waals surface area (Å²) < 4.78 is 4.96. The lowest BCUT2D eigenvalue weighted by molar-refractivity contribution is 0.0519. The van der Waals surface area contributed by atoms with Crippen molar-refractivity contribution in [2.45, 2.75) is 33.1 Å². The van der Waals surface area contributed by atoms with Crippen molar-refractivity contribution < 1.29 is 14.3 Å². The molecule has 86 valence electrons. The highest BCUT2D eigenvalue weighted by Crippen LogP contribution is 2.27. The van der Waals surface area contributed by atoms with E-state index in [4.69, 9.17) is 4.74 Å². The fourth-order valence-electron chi connectivity index (χ4n) is 2.23. The van der Waals surface area contributed by atoms with Crippen LogP contribution in [-0.2, 0) is 11.2 Å². The largest absolute Gasteiger partial charge is 0.461 e. The van der Waals surface area contributed by atoms with Crippen LogP contribution in [0, 0.1) is 6.92 Å². The maximum Gasteiger partial charge on any atom is 0.355 e. The van der Waals surface area contributed by atoms with Crippen molar-refractivity contribution in [1.29, 1.82) is 0 Å². The van der Waals surface area contributed by atoms with Crippen LogP contribution >= 0.6 is 0 Å². The van der Waals surface area contributed by atoms with Gasteiger partial charge in [0.25, 0.3) is 0 Å². The molecule has 1 aromatic rings. The monoisotopic (exact) mass is 221 g/mol. The number of hydrogen-bond donors (Lipinski definition) is 1. The Kier molecular flexibility index (Phi) is 2.81. The number of aromatic nitrogens is 1. The number of H-pyrrole nitrogens is 1. The third-order valence-electron chi connectivity index (χ3n) is 2.88. The van der Waals surface area contributed by atoms with Crippen molar-refractivity contribution >= 4 is 11.8 Å². The summed E-state index contributed by atoms with van der Waals surface area (Å²) in [6.07, 6.45) is 2.17. The minimum absolute atomic E-state index is 0.130. The summed E-state index contributed by atoms with van der Waals surface area (Å²) in [5, 5.41) is 0. The van der Waals surface area contributed by atoms with E-state index in [0.29, 0.717) is 24.3 Å². The van der Waals surface area contributed by atoms with Crippen LogP contribution in [0.5, 0.6) is 0 Å². The smallest absolute Gasteiger partial charge is 0.355 e. The Balaban J connectivity index is 2.45. The first-order valence-electron chi connectivity index (χ1n) is 5.57. The Morgan fingerprint density at radius 2 is 2.19 bits per heavy atom. The molecule has 0 radical (unpaired) electrons. The normalized spacial score (nSPS) is 14.8. The Hall–Kier alpha value is -1.58. The SMILES string of the molecule is CCOC(=O)c1[nH]c(C)c2c1CCCC2=O. The summed E-state index contributed by atoms with van der Waals surface area (Å²) in [6.45, 7) is 3.94. The van der Waals surface area contributed by atoms with Crippen molar-refractivity contribution in [3.05, 3.63) is 22.5 Å². The van der Waals surface area contributed by atoms with Crippen LogP contribution in [0.15, 0.2) is 0 Å². The molecule has 16 heavy (non-hydrogen) atoms. The van der Waals surface area contributed by atoms with Gasteiger partial charge in [-0.1, -0.05) is 0 Å². The summed E-state index contributed by atoms with van der Waals surface area (Å²) in [7, 11) is 0. The van der Waals surface area contributed by atoms with Crippen molar-refractivity contribution in [2.75, 3.05) is 6.61 Å². The number of rotatable bonds is 2. The zero-order chi connectivity index (χ0) is 11.7. The molecule has 0 unspecified atom stereocenters. The van der Waals surface area contributed by atoms with Gasteiger partial charge in [-0.05, 0) is 32.3 Å². The van der Waals surface area contributed by atoms with Gasteiger partial charge >= 0.3 is 5.97 Å². The number of nitrogens with one attached hydrogen (secondary N) is 1. The molecular formula is C12H15NO3. The molecule has 4 heteroatoms. The zero-order valence-electron chi connectivity index (χ0n) is 9.55. The summed E-state index contributed by atoms with van der Waals surface area (Å²) in [4.78, 5) is 26.4. The summed E-state index contributed by atoms with van der Waals surface area (Å²) in [5.41, 5.74) is 2.78. The van der Waals surface area contributed by atoms with Gasteiger partial charge in [0.1, 0.15) is 5.69 Å². The number of ketones is 1. The van der Waals surface area contributed by atoms with Gasteiger partial charge in [-0.3, -0.25) is 4.79 Å². The predicted octanol–water partition coefficient (Wildman–Crippen LogP) is 2.02. The fraction of sp³-hybridized carbons (Fsp3) is 0.500. The number of esters is 1. The Bertz CT molecular complexity index is 445. The van der Waals surface area contributed by atoms with Gasteiger partial charge in [0.2, 0.25) is 0 Å². The van der Waals surface area contributed by atoms with Crippen LogP contribution in [0.25, 0.3) is 0 Å². The molecule has 4 nitrogen and oxygen atoms in total. The molecule has 1 heterocycles. The fourth-order valence-corrected chi connectivity index (χ4v) is 2.23. The van der Waals surface area contributed by atoms with Gasteiger partial charge in [0.05, 0.1) is 6.61 Å². The third kappa shape index (κ3) is 1.64. The van der Waals surface area contributed by atoms with E-state index in [9.17, 15) is 9.59 Å². The number of hydrogen-bond acceptors (Lipinski definition) is 3. The van der Waals surface area contributed by atoms with E-state index in [1.165, 1.54) is 0 Å². The van der Waals surface area contributed by atoms with Gasteiger partial charge in [0.15, 0.2) is 5.78 Å². The molecular weight excluding hydrogens is 206 g/mol. The first kappa shape index (κ1) is 10.9. The highest BCUT2D eigenvalue weighted by atomic mass is 16.5. The number of aromatic amines is 1. The number of carbonyl (C=O) groups is 2. The first-order chi connectivity index (χ1) is 7.65. The lowest BCUT2D eigenvalue weighted by Gasteiger charge is -2.11. The van der Waals surface area contributed by atoms with Gasteiger partial charge in [0, 0.05) is 17.7 Å². The quantitative estimate of drug-likeness (QED) is 0.777. The molecule has 2 rings (SSSR count). The van der Waals surface area contributed by atoms with Crippen LogP contribution in [-0.4, -0.2) is 23.3 Å². The zero-order valence-corrected chi connectivity index (χ0v) is 9.55. The average Bonchev–Trinajstić information content (AvgIpc) is 2.58. The highest BCUT2D eigenvalue weighted by Gasteiger charge is 2.27. The number of carbonyl (C=O) groups excluding carboxylic acids is 2. The maximum absolute atomic E-state index is 11.7.